The van der Waals surface area contributed by atoms with Crippen molar-refractivity contribution < 1.29 is 14.0 Å². The SMILES string of the molecule is CCCC.CCCCO[P+](=O)O. The molecule has 0 aliphatic carbocycles. The van der Waals surface area contributed by atoms with Gasteiger partial charge in [-0.15, -0.1) is 9.42 Å². The summed E-state index contributed by atoms with van der Waals surface area (Å²) in [7, 11) is -2.36. The van der Waals surface area contributed by atoms with E-state index < -0.39 is 8.25 Å². The first-order chi connectivity index (χ1) is 5.68. The largest absolute Gasteiger partial charge is 0.694 e. The maximum Gasteiger partial charge on any atom is 0.694 e. The van der Waals surface area contributed by atoms with Crippen LogP contribution in [0.4, 0.5) is 0 Å². The Morgan fingerprint density at radius 3 is 1.92 bits per heavy atom. The second kappa shape index (κ2) is 13.6. The molecule has 0 saturated heterocycles. The molecule has 0 spiro atoms. The molecule has 0 aromatic heterocycles. The Kier molecular flexibility index (Phi) is 16.5. The summed E-state index contributed by atoms with van der Waals surface area (Å²) in [6.45, 7) is 6.75. The van der Waals surface area contributed by atoms with Crippen molar-refractivity contribution in [1.82, 2.24) is 0 Å². The molecule has 1 N–H and O–H groups in total. The molecule has 74 valence electrons. The van der Waals surface area contributed by atoms with Crippen LogP contribution >= 0.6 is 8.25 Å². The van der Waals surface area contributed by atoms with E-state index in [9.17, 15) is 4.57 Å². The van der Waals surface area contributed by atoms with Gasteiger partial charge >= 0.3 is 8.25 Å². The molecule has 1 atom stereocenters. The molecule has 0 aromatic carbocycles. The Balaban J connectivity index is 0. The Morgan fingerprint density at radius 1 is 1.17 bits per heavy atom. The zero-order valence-electron chi connectivity index (χ0n) is 8.25. The standard InChI is InChI=1S/C4H9O3P.C4H10/c1-2-3-4-7-8(5)6;1-3-4-2/h2-4H2,1H3;3-4H2,1-2H3/p+1. The van der Waals surface area contributed by atoms with Gasteiger partial charge in [-0.3, -0.25) is 0 Å². The van der Waals surface area contributed by atoms with Crippen LogP contribution in [-0.4, -0.2) is 11.5 Å². The molecule has 4 heteroatoms. The van der Waals surface area contributed by atoms with Crippen LogP contribution in [0.15, 0.2) is 0 Å². The lowest BCUT2D eigenvalue weighted by Gasteiger charge is -1.83. The quantitative estimate of drug-likeness (QED) is 0.541. The Morgan fingerprint density at radius 2 is 1.67 bits per heavy atom. The maximum atomic E-state index is 9.80. The van der Waals surface area contributed by atoms with Gasteiger partial charge in [0, 0.05) is 4.57 Å². The molecule has 0 aliphatic rings. The van der Waals surface area contributed by atoms with E-state index in [1.54, 1.807) is 0 Å². The van der Waals surface area contributed by atoms with Crippen LogP contribution in [0, 0.1) is 0 Å². The molecule has 0 aromatic rings. The molecule has 1 unspecified atom stereocenters. The van der Waals surface area contributed by atoms with Crippen LogP contribution in [0.5, 0.6) is 0 Å². The summed E-state index contributed by atoms with van der Waals surface area (Å²) in [4.78, 5) is 8.07. The Hall–Kier alpha value is 0.0200. The summed E-state index contributed by atoms with van der Waals surface area (Å²) in [6, 6.07) is 0. The van der Waals surface area contributed by atoms with Crippen molar-refractivity contribution in [3.05, 3.63) is 0 Å². The van der Waals surface area contributed by atoms with E-state index >= 15 is 0 Å². The highest BCUT2D eigenvalue weighted by molar-refractivity contribution is 7.32. The topological polar surface area (TPSA) is 46.5 Å². The fourth-order valence-electron chi connectivity index (χ4n) is 0.287. The first-order valence-corrected chi connectivity index (χ1v) is 5.61. The van der Waals surface area contributed by atoms with Crippen molar-refractivity contribution in [1.29, 1.82) is 0 Å². The van der Waals surface area contributed by atoms with Gasteiger partial charge in [0.25, 0.3) is 0 Å². The van der Waals surface area contributed by atoms with Gasteiger partial charge in [0.05, 0.1) is 0 Å². The second-order valence-electron chi connectivity index (χ2n) is 2.42. The summed E-state index contributed by atoms with van der Waals surface area (Å²) in [5, 5.41) is 0. The van der Waals surface area contributed by atoms with Gasteiger partial charge in [0.15, 0.2) is 0 Å². The molecule has 0 fully saturated rings. The van der Waals surface area contributed by atoms with E-state index in [-0.39, 0.29) is 0 Å². The average molecular weight is 195 g/mol. The van der Waals surface area contributed by atoms with Crippen LogP contribution in [-0.2, 0) is 9.09 Å². The fraction of sp³-hybridized carbons (Fsp3) is 1.00. The Bertz CT molecular complexity index is 94.3. The number of unbranched alkanes of at least 4 members (excludes halogenated alkanes) is 2. The van der Waals surface area contributed by atoms with Crippen LogP contribution in [0.2, 0.25) is 0 Å². The first kappa shape index (κ1) is 14.5. The van der Waals surface area contributed by atoms with Crippen molar-refractivity contribution in [2.75, 3.05) is 6.61 Å². The summed E-state index contributed by atoms with van der Waals surface area (Å²) < 4.78 is 14.1. The zero-order valence-corrected chi connectivity index (χ0v) is 9.14. The third-order valence-corrected chi connectivity index (χ3v) is 1.60. The van der Waals surface area contributed by atoms with E-state index in [1.807, 2.05) is 6.92 Å². The predicted molar refractivity (Wildman–Crippen MR) is 51.3 cm³/mol. The normalized spacial score (nSPS) is 10.2. The summed E-state index contributed by atoms with van der Waals surface area (Å²) in [5.74, 6) is 0. The molecule has 0 bridgehead atoms. The lowest BCUT2D eigenvalue weighted by molar-refractivity contribution is 0.276. The molecule has 0 radical (unpaired) electrons. The van der Waals surface area contributed by atoms with E-state index in [0.717, 1.165) is 12.8 Å². The van der Waals surface area contributed by atoms with E-state index in [0.29, 0.717) is 6.61 Å². The summed E-state index contributed by atoms with van der Waals surface area (Å²) in [5.41, 5.74) is 0. The zero-order chi connectivity index (χ0) is 9.82. The molecular formula is C8H20O3P+. The van der Waals surface area contributed by atoms with Gasteiger partial charge in [-0.1, -0.05) is 40.0 Å². The van der Waals surface area contributed by atoms with Gasteiger partial charge in [-0.2, -0.15) is 0 Å². The summed E-state index contributed by atoms with van der Waals surface area (Å²) in [6.07, 6.45) is 4.48. The molecule has 0 rings (SSSR count). The highest BCUT2D eigenvalue weighted by Crippen LogP contribution is 2.14. The third-order valence-electron chi connectivity index (χ3n) is 1.20. The molecular weight excluding hydrogens is 175 g/mol. The minimum Gasteiger partial charge on any atom is -0.133 e. The van der Waals surface area contributed by atoms with E-state index in [2.05, 4.69) is 18.4 Å². The first-order valence-electron chi connectivity index (χ1n) is 4.48. The number of rotatable bonds is 5. The van der Waals surface area contributed by atoms with E-state index in [1.165, 1.54) is 12.8 Å². The van der Waals surface area contributed by atoms with Crippen LogP contribution < -0.4 is 0 Å². The minimum absolute atomic E-state index is 0.391. The highest BCUT2D eigenvalue weighted by atomic mass is 31.1. The second-order valence-corrected chi connectivity index (χ2v) is 3.16. The Labute approximate surface area is 76.1 Å². The molecule has 0 heterocycles. The van der Waals surface area contributed by atoms with Crippen molar-refractivity contribution in [2.24, 2.45) is 0 Å². The average Bonchev–Trinajstić information content (AvgIpc) is 2.05. The maximum absolute atomic E-state index is 9.80. The smallest absolute Gasteiger partial charge is 0.133 e. The molecule has 0 aliphatic heterocycles. The van der Waals surface area contributed by atoms with Gasteiger partial charge in [0.2, 0.25) is 0 Å². The minimum atomic E-state index is -2.36. The molecule has 0 saturated carbocycles. The van der Waals surface area contributed by atoms with Crippen LogP contribution in [0.1, 0.15) is 46.5 Å². The fourth-order valence-corrected chi connectivity index (χ4v) is 0.572. The molecule has 0 amide bonds. The van der Waals surface area contributed by atoms with Crippen molar-refractivity contribution in [3.8, 4) is 0 Å². The molecule has 3 nitrogen and oxygen atoms in total. The monoisotopic (exact) mass is 195 g/mol. The van der Waals surface area contributed by atoms with Crippen molar-refractivity contribution in [2.45, 2.75) is 46.5 Å². The van der Waals surface area contributed by atoms with Gasteiger partial charge in [-0.05, 0) is 6.42 Å². The van der Waals surface area contributed by atoms with Crippen molar-refractivity contribution in [3.63, 3.8) is 0 Å². The van der Waals surface area contributed by atoms with Crippen LogP contribution in [0.3, 0.4) is 0 Å². The van der Waals surface area contributed by atoms with Crippen molar-refractivity contribution >= 4 is 8.25 Å². The molecule has 12 heavy (non-hydrogen) atoms. The van der Waals surface area contributed by atoms with Crippen LogP contribution in [0.25, 0.3) is 0 Å². The van der Waals surface area contributed by atoms with Gasteiger partial charge in [-0.25, -0.2) is 0 Å². The highest BCUT2D eigenvalue weighted by Gasteiger charge is 2.08. The predicted octanol–water partition coefficient (Wildman–Crippen LogP) is 3.26. The number of hydrogen-bond acceptors (Lipinski definition) is 2. The number of hydrogen-bond donors (Lipinski definition) is 1. The lowest BCUT2D eigenvalue weighted by Crippen LogP contribution is -1.82. The van der Waals surface area contributed by atoms with Gasteiger partial charge < -0.3 is 0 Å². The van der Waals surface area contributed by atoms with Gasteiger partial charge in [0.1, 0.15) is 6.61 Å². The lowest BCUT2D eigenvalue weighted by atomic mass is 10.4. The third kappa shape index (κ3) is 22.5. The van der Waals surface area contributed by atoms with E-state index in [4.69, 9.17) is 4.89 Å². The summed E-state index contributed by atoms with van der Waals surface area (Å²) >= 11 is 0.